The number of likely N-dealkylation sites (tertiary alicyclic amines) is 1. The van der Waals surface area contributed by atoms with Crippen molar-refractivity contribution in [3.8, 4) is 0 Å². The average molecular weight is 267 g/mol. The van der Waals surface area contributed by atoms with Gasteiger partial charge < -0.3 is 10.2 Å². The van der Waals surface area contributed by atoms with Crippen molar-refractivity contribution in [2.45, 2.75) is 38.8 Å². The summed E-state index contributed by atoms with van der Waals surface area (Å²) < 4.78 is 0. The summed E-state index contributed by atoms with van der Waals surface area (Å²) in [5.74, 6) is 0. The molecule has 1 N–H and O–H groups in total. The van der Waals surface area contributed by atoms with Crippen molar-refractivity contribution in [2.75, 3.05) is 6.54 Å². The minimum absolute atomic E-state index is 0.00687. The minimum Gasteiger partial charge on any atom is -0.336 e. The summed E-state index contributed by atoms with van der Waals surface area (Å²) in [6, 6.07) is 8.05. The van der Waals surface area contributed by atoms with E-state index in [9.17, 15) is 4.79 Å². The third kappa shape index (κ3) is 2.78. The van der Waals surface area contributed by atoms with E-state index in [-0.39, 0.29) is 18.1 Å². The minimum atomic E-state index is 0.00687. The Labute approximate surface area is 113 Å². The third-order valence-electron chi connectivity index (χ3n) is 3.19. The van der Waals surface area contributed by atoms with Gasteiger partial charge in [0, 0.05) is 17.6 Å². The lowest BCUT2D eigenvalue weighted by Gasteiger charge is -2.27. The first-order valence-corrected chi connectivity index (χ1v) is 6.79. The summed E-state index contributed by atoms with van der Waals surface area (Å²) in [7, 11) is 0. The van der Waals surface area contributed by atoms with E-state index in [1.807, 2.05) is 43.0 Å². The molecule has 0 aliphatic carbocycles. The Kier molecular flexibility index (Phi) is 4.12. The number of nitrogens with zero attached hydrogens (tertiary/aromatic N) is 1. The van der Waals surface area contributed by atoms with Gasteiger partial charge in [-0.25, -0.2) is 4.79 Å². The van der Waals surface area contributed by atoms with Crippen LogP contribution in [0.25, 0.3) is 0 Å². The zero-order valence-corrected chi connectivity index (χ0v) is 11.6. The van der Waals surface area contributed by atoms with Gasteiger partial charge in [0.1, 0.15) is 0 Å². The molecule has 1 fully saturated rings. The molecule has 0 unspecified atom stereocenters. The first kappa shape index (κ1) is 13.2. The number of urea groups is 1. The number of carbonyl (C=O) groups is 1. The molecule has 2 rings (SSSR count). The van der Waals surface area contributed by atoms with Crippen molar-refractivity contribution in [2.24, 2.45) is 0 Å². The monoisotopic (exact) mass is 266 g/mol. The molecule has 18 heavy (non-hydrogen) atoms. The summed E-state index contributed by atoms with van der Waals surface area (Å²) in [5.41, 5.74) is 1.05. The highest BCUT2D eigenvalue weighted by Crippen LogP contribution is 2.35. The van der Waals surface area contributed by atoms with Crippen LogP contribution in [0.5, 0.6) is 0 Å². The molecule has 0 aromatic heterocycles. The van der Waals surface area contributed by atoms with Crippen LogP contribution in [0.15, 0.2) is 24.3 Å². The largest absolute Gasteiger partial charge is 0.336 e. The molecule has 0 saturated carbocycles. The molecule has 0 radical (unpaired) electrons. The highest BCUT2D eigenvalue weighted by atomic mass is 35.5. The second-order valence-electron chi connectivity index (χ2n) is 4.98. The van der Waals surface area contributed by atoms with Crippen molar-refractivity contribution in [1.82, 2.24) is 10.2 Å². The summed E-state index contributed by atoms with van der Waals surface area (Å²) in [5, 5.41) is 3.69. The van der Waals surface area contributed by atoms with Crippen LogP contribution in [-0.4, -0.2) is 23.5 Å². The van der Waals surface area contributed by atoms with Gasteiger partial charge in [-0.15, -0.1) is 0 Å². The van der Waals surface area contributed by atoms with Crippen molar-refractivity contribution >= 4 is 17.6 Å². The van der Waals surface area contributed by atoms with Gasteiger partial charge in [-0.1, -0.05) is 29.8 Å². The number of hydrogen-bond acceptors (Lipinski definition) is 1. The summed E-state index contributed by atoms with van der Waals surface area (Å²) in [6.45, 7) is 4.74. The molecule has 1 heterocycles. The molecular weight excluding hydrogens is 248 g/mol. The molecule has 1 aliphatic rings. The van der Waals surface area contributed by atoms with Crippen LogP contribution < -0.4 is 5.32 Å². The molecule has 1 aliphatic heterocycles. The van der Waals surface area contributed by atoms with E-state index >= 15 is 0 Å². The van der Waals surface area contributed by atoms with Crippen LogP contribution in [0.4, 0.5) is 4.79 Å². The fourth-order valence-corrected chi connectivity index (χ4v) is 2.67. The van der Waals surface area contributed by atoms with E-state index in [1.54, 1.807) is 0 Å². The second-order valence-corrected chi connectivity index (χ2v) is 5.38. The van der Waals surface area contributed by atoms with E-state index in [4.69, 9.17) is 11.6 Å². The maximum Gasteiger partial charge on any atom is 0.318 e. The van der Waals surface area contributed by atoms with Crippen molar-refractivity contribution in [3.63, 3.8) is 0 Å². The van der Waals surface area contributed by atoms with Gasteiger partial charge in [0.05, 0.1) is 6.04 Å². The maximum absolute atomic E-state index is 12.1. The predicted molar refractivity (Wildman–Crippen MR) is 73.8 cm³/mol. The summed E-state index contributed by atoms with van der Waals surface area (Å²) in [6.07, 6.45) is 2.01. The highest BCUT2D eigenvalue weighted by Gasteiger charge is 2.31. The molecule has 98 valence electrons. The van der Waals surface area contributed by atoms with E-state index in [0.717, 1.165) is 30.0 Å². The maximum atomic E-state index is 12.1. The molecular formula is C14H19ClN2O. The van der Waals surface area contributed by atoms with Crippen LogP contribution in [-0.2, 0) is 0 Å². The highest BCUT2D eigenvalue weighted by molar-refractivity contribution is 6.31. The van der Waals surface area contributed by atoms with E-state index in [2.05, 4.69) is 5.32 Å². The zero-order valence-electron chi connectivity index (χ0n) is 10.8. The number of rotatable bonds is 2. The summed E-state index contributed by atoms with van der Waals surface area (Å²) in [4.78, 5) is 14.0. The normalized spacial score (nSPS) is 19.3. The van der Waals surface area contributed by atoms with Gasteiger partial charge in [-0.3, -0.25) is 0 Å². The van der Waals surface area contributed by atoms with Gasteiger partial charge in [-0.2, -0.15) is 0 Å². The van der Waals surface area contributed by atoms with E-state index in [1.165, 1.54) is 0 Å². The Morgan fingerprint density at radius 2 is 2.17 bits per heavy atom. The van der Waals surface area contributed by atoms with Crippen LogP contribution in [0, 0.1) is 0 Å². The molecule has 4 heteroatoms. The number of amides is 2. The van der Waals surface area contributed by atoms with Crippen molar-refractivity contribution in [3.05, 3.63) is 34.9 Å². The number of carbonyl (C=O) groups excluding carboxylic acids is 1. The Morgan fingerprint density at radius 1 is 1.44 bits per heavy atom. The van der Waals surface area contributed by atoms with Crippen molar-refractivity contribution in [1.29, 1.82) is 0 Å². The molecule has 1 aromatic carbocycles. The Balaban J connectivity index is 2.18. The van der Waals surface area contributed by atoms with Crippen molar-refractivity contribution < 1.29 is 4.79 Å². The van der Waals surface area contributed by atoms with E-state index < -0.39 is 0 Å². The lowest BCUT2D eigenvalue weighted by Crippen LogP contribution is -2.42. The molecule has 1 atom stereocenters. The van der Waals surface area contributed by atoms with Gasteiger partial charge >= 0.3 is 6.03 Å². The van der Waals surface area contributed by atoms with Gasteiger partial charge in [-0.05, 0) is 38.3 Å². The van der Waals surface area contributed by atoms with Gasteiger partial charge in [0.25, 0.3) is 0 Å². The van der Waals surface area contributed by atoms with Gasteiger partial charge in [0.2, 0.25) is 0 Å². The first-order valence-electron chi connectivity index (χ1n) is 6.41. The SMILES string of the molecule is CC(C)NC(=O)N1CCC[C@@H]1c1ccccc1Cl. The fourth-order valence-electron chi connectivity index (χ4n) is 2.41. The molecule has 1 saturated heterocycles. The predicted octanol–water partition coefficient (Wildman–Crippen LogP) is 3.59. The first-order chi connectivity index (χ1) is 8.59. The molecule has 3 nitrogen and oxygen atoms in total. The Bertz CT molecular complexity index is 434. The quantitative estimate of drug-likeness (QED) is 0.872. The topological polar surface area (TPSA) is 32.3 Å². The fraction of sp³-hybridized carbons (Fsp3) is 0.500. The molecule has 0 spiro atoms. The smallest absolute Gasteiger partial charge is 0.318 e. The van der Waals surface area contributed by atoms with Crippen LogP contribution in [0.1, 0.15) is 38.3 Å². The summed E-state index contributed by atoms with van der Waals surface area (Å²) >= 11 is 6.22. The van der Waals surface area contributed by atoms with Crippen LogP contribution >= 0.6 is 11.6 Å². The number of hydrogen-bond donors (Lipinski definition) is 1. The van der Waals surface area contributed by atoms with Crippen LogP contribution in [0.3, 0.4) is 0 Å². The zero-order chi connectivity index (χ0) is 13.1. The lowest BCUT2D eigenvalue weighted by molar-refractivity contribution is 0.190. The average Bonchev–Trinajstić information content (AvgIpc) is 2.77. The molecule has 2 amide bonds. The number of halogens is 1. The lowest BCUT2D eigenvalue weighted by atomic mass is 10.0. The second kappa shape index (κ2) is 5.61. The van der Waals surface area contributed by atoms with Gasteiger partial charge in [0.15, 0.2) is 0 Å². The number of benzene rings is 1. The third-order valence-corrected chi connectivity index (χ3v) is 3.53. The number of nitrogens with one attached hydrogen (secondary N) is 1. The molecule has 1 aromatic rings. The Morgan fingerprint density at radius 3 is 2.83 bits per heavy atom. The Hall–Kier alpha value is -1.22. The standard InChI is InChI=1S/C14H19ClN2O/c1-10(2)16-14(18)17-9-5-8-13(17)11-6-3-4-7-12(11)15/h3-4,6-7,10,13H,5,8-9H2,1-2H3,(H,16,18)/t13-/m1/s1. The van der Waals surface area contributed by atoms with Crippen LogP contribution in [0.2, 0.25) is 5.02 Å². The van der Waals surface area contributed by atoms with E-state index in [0.29, 0.717) is 0 Å². The molecule has 0 bridgehead atoms.